The molecule has 1 aliphatic rings. The van der Waals surface area contributed by atoms with Gasteiger partial charge in [-0.3, -0.25) is 9.78 Å². The van der Waals surface area contributed by atoms with E-state index in [1.165, 1.54) is 18.2 Å². The first-order valence-electron chi connectivity index (χ1n) is 8.75. The smallest absolute Gasteiger partial charge is 0.257 e. The first-order chi connectivity index (χ1) is 13.4. The van der Waals surface area contributed by atoms with Crippen LogP contribution in [0.15, 0.2) is 47.4 Å². The summed E-state index contributed by atoms with van der Waals surface area (Å²) < 4.78 is 14.4. The minimum Gasteiger partial charge on any atom is -0.362 e. The van der Waals surface area contributed by atoms with Crippen molar-refractivity contribution in [2.75, 3.05) is 24.3 Å². The Bertz CT molecular complexity index is 1150. The largest absolute Gasteiger partial charge is 0.362 e. The topological polar surface area (TPSA) is 61.0 Å². The maximum absolute atomic E-state index is 14.4. The van der Waals surface area contributed by atoms with Crippen molar-refractivity contribution in [3.8, 4) is 11.1 Å². The van der Waals surface area contributed by atoms with Crippen LogP contribution in [-0.2, 0) is 6.42 Å². The molecule has 0 atom stereocenters. The molecule has 0 bridgehead atoms. The minimum absolute atomic E-state index is 0.155. The Labute approximate surface area is 166 Å². The predicted molar refractivity (Wildman–Crippen MR) is 112 cm³/mol. The molecule has 1 aromatic carbocycles. The molecule has 7 heteroatoms. The molecule has 1 aliphatic carbocycles. The van der Waals surface area contributed by atoms with E-state index in [2.05, 4.69) is 21.4 Å². The molecular formula is C21H18ClFN4O. The summed E-state index contributed by atoms with van der Waals surface area (Å²) in [6.45, 7) is 0. The van der Waals surface area contributed by atoms with Gasteiger partial charge in [0.2, 0.25) is 0 Å². The Morgan fingerprint density at radius 1 is 1.18 bits per heavy atom. The van der Waals surface area contributed by atoms with Gasteiger partial charge in [0.05, 0.1) is 16.9 Å². The molecule has 0 spiro atoms. The highest BCUT2D eigenvalue weighted by atomic mass is 35.5. The van der Waals surface area contributed by atoms with Crippen molar-refractivity contribution < 1.29 is 4.39 Å². The molecule has 0 fully saturated rings. The summed E-state index contributed by atoms with van der Waals surface area (Å²) >= 11 is 6.02. The Kier molecular flexibility index (Phi) is 4.65. The van der Waals surface area contributed by atoms with Gasteiger partial charge in [0.25, 0.3) is 5.56 Å². The lowest BCUT2D eigenvalue weighted by Gasteiger charge is -2.20. The van der Waals surface area contributed by atoms with E-state index in [1.54, 1.807) is 17.2 Å². The second-order valence-electron chi connectivity index (χ2n) is 6.74. The van der Waals surface area contributed by atoms with Crippen molar-refractivity contribution in [3.05, 3.63) is 75.1 Å². The molecule has 2 N–H and O–H groups in total. The Hall–Kier alpha value is -3.12. The number of aromatic amines is 1. The van der Waals surface area contributed by atoms with Gasteiger partial charge < -0.3 is 15.2 Å². The van der Waals surface area contributed by atoms with Crippen LogP contribution >= 0.6 is 11.6 Å². The Balaban J connectivity index is 1.87. The van der Waals surface area contributed by atoms with Gasteiger partial charge in [0.1, 0.15) is 11.6 Å². The van der Waals surface area contributed by atoms with Crippen LogP contribution in [0.5, 0.6) is 0 Å². The van der Waals surface area contributed by atoms with Gasteiger partial charge in [-0.25, -0.2) is 4.39 Å². The zero-order chi connectivity index (χ0) is 19.8. The molecule has 0 unspecified atom stereocenters. The summed E-state index contributed by atoms with van der Waals surface area (Å²) in [5, 5.41) is 3.73. The van der Waals surface area contributed by atoms with Gasteiger partial charge in [-0.15, -0.1) is 0 Å². The van der Waals surface area contributed by atoms with Crippen LogP contribution in [0.25, 0.3) is 17.2 Å². The highest BCUT2D eigenvalue weighted by Gasteiger charge is 2.17. The van der Waals surface area contributed by atoms with Crippen LogP contribution in [0, 0.1) is 5.82 Å². The number of rotatable bonds is 4. The molecular weight excluding hydrogens is 379 g/mol. The van der Waals surface area contributed by atoms with Gasteiger partial charge in [0.15, 0.2) is 0 Å². The Morgan fingerprint density at radius 2 is 2.00 bits per heavy atom. The zero-order valence-corrected chi connectivity index (χ0v) is 16.1. The van der Waals surface area contributed by atoms with Gasteiger partial charge in [-0.1, -0.05) is 23.8 Å². The predicted octanol–water partition coefficient (Wildman–Crippen LogP) is 4.61. The molecule has 0 amide bonds. The lowest BCUT2D eigenvalue weighted by atomic mass is 10.1. The summed E-state index contributed by atoms with van der Waals surface area (Å²) in [4.78, 5) is 21.7. The van der Waals surface area contributed by atoms with Gasteiger partial charge in [-0.2, -0.15) is 0 Å². The Morgan fingerprint density at radius 3 is 2.79 bits per heavy atom. The van der Waals surface area contributed by atoms with Crippen molar-refractivity contribution in [2.24, 2.45) is 0 Å². The highest BCUT2D eigenvalue weighted by molar-refractivity contribution is 6.30. The maximum Gasteiger partial charge on any atom is 0.257 e. The van der Waals surface area contributed by atoms with E-state index in [0.717, 1.165) is 23.4 Å². The van der Waals surface area contributed by atoms with E-state index >= 15 is 0 Å². The molecule has 2 aromatic heterocycles. The zero-order valence-electron chi connectivity index (χ0n) is 15.4. The second kappa shape index (κ2) is 7.13. The summed E-state index contributed by atoms with van der Waals surface area (Å²) in [7, 11) is 3.65. The van der Waals surface area contributed by atoms with Crippen LogP contribution in [0.3, 0.4) is 0 Å². The van der Waals surface area contributed by atoms with Gasteiger partial charge in [0, 0.05) is 48.5 Å². The number of anilines is 3. The first kappa shape index (κ1) is 18.3. The van der Waals surface area contributed by atoms with Crippen molar-refractivity contribution in [3.63, 3.8) is 0 Å². The maximum atomic E-state index is 14.4. The van der Waals surface area contributed by atoms with Gasteiger partial charge in [-0.05, 0) is 30.3 Å². The second-order valence-corrected chi connectivity index (χ2v) is 7.18. The molecule has 0 aliphatic heterocycles. The van der Waals surface area contributed by atoms with E-state index in [-0.39, 0.29) is 11.1 Å². The van der Waals surface area contributed by atoms with Gasteiger partial charge >= 0.3 is 0 Å². The highest BCUT2D eigenvalue weighted by Crippen LogP contribution is 2.33. The van der Waals surface area contributed by atoms with Crippen molar-refractivity contribution in [1.29, 1.82) is 0 Å². The molecule has 2 heterocycles. The number of benzene rings is 1. The van der Waals surface area contributed by atoms with E-state index in [1.807, 2.05) is 26.2 Å². The summed E-state index contributed by atoms with van der Waals surface area (Å²) in [5.74, 6) is 0.0786. The molecule has 28 heavy (non-hydrogen) atoms. The third kappa shape index (κ3) is 3.27. The lowest BCUT2D eigenvalue weighted by molar-refractivity contribution is 0.631. The number of H-pyrrole nitrogens is 1. The fourth-order valence-electron chi connectivity index (χ4n) is 3.28. The number of allylic oxidation sites excluding steroid dienone is 1. The van der Waals surface area contributed by atoms with Crippen LogP contribution in [0.2, 0.25) is 5.02 Å². The fourth-order valence-corrected chi connectivity index (χ4v) is 3.45. The molecule has 0 radical (unpaired) electrons. The third-order valence-corrected chi connectivity index (χ3v) is 4.86. The number of halogens is 2. The summed E-state index contributed by atoms with van der Waals surface area (Å²) in [6, 6.07) is 7.68. The normalized spacial score (nSPS) is 12.1. The monoisotopic (exact) mass is 396 g/mol. The van der Waals surface area contributed by atoms with E-state index in [0.29, 0.717) is 16.5 Å². The first-order valence-corrected chi connectivity index (χ1v) is 9.13. The molecule has 0 saturated carbocycles. The van der Waals surface area contributed by atoms with Crippen molar-refractivity contribution in [2.45, 2.75) is 6.42 Å². The number of hydrogen-bond acceptors (Lipinski definition) is 4. The van der Waals surface area contributed by atoms with Crippen molar-refractivity contribution >= 4 is 34.9 Å². The van der Waals surface area contributed by atoms with Crippen LogP contribution in [0.4, 0.5) is 21.6 Å². The average molecular weight is 397 g/mol. The molecule has 142 valence electrons. The number of nitrogens with zero attached hydrogens (tertiary/aromatic N) is 2. The average Bonchev–Trinajstić information content (AvgIpc) is 3.14. The summed E-state index contributed by atoms with van der Waals surface area (Å²) in [6.07, 6.45) is 6.60. The number of pyridine rings is 2. The fraction of sp³-hybridized carbons (Fsp3) is 0.143. The molecule has 4 rings (SSSR count). The summed E-state index contributed by atoms with van der Waals surface area (Å²) in [5.41, 5.74) is 3.47. The minimum atomic E-state index is -0.508. The SMILES string of the molecule is CN(C)c1[nH]c(=O)c(-c2cc(Cl)ccc2F)cc1Nc1ccnc2c1C=CC2. The van der Waals surface area contributed by atoms with Crippen LogP contribution in [0.1, 0.15) is 11.3 Å². The number of aromatic nitrogens is 2. The quantitative estimate of drug-likeness (QED) is 0.676. The number of fused-ring (bicyclic) bond motifs is 1. The lowest BCUT2D eigenvalue weighted by Crippen LogP contribution is -2.20. The standard InChI is InChI=1S/C21H18ClFN4O/c1-27(2)20-19(25-18-8-9-24-17-5-3-4-13(17)18)11-15(21(28)26-20)14-10-12(22)6-7-16(14)23/h3-4,6-11H,5H2,1-2H3,(H,24,25)(H,26,28). The van der Waals surface area contributed by atoms with Crippen LogP contribution in [-0.4, -0.2) is 24.1 Å². The van der Waals surface area contributed by atoms with E-state index in [9.17, 15) is 9.18 Å². The number of nitrogens with one attached hydrogen (secondary N) is 2. The van der Waals surface area contributed by atoms with E-state index < -0.39 is 11.4 Å². The molecule has 3 aromatic rings. The molecule has 5 nitrogen and oxygen atoms in total. The number of hydrogen-bond donors (Lipinski definition) is 2. The van der Waals surface area contributed by atoms with Crippen molar-refractivity contribution in [1.82, 2.24) is 9.97 Å². The van der Waals surface area contributed by atoms with E-state index in [4.69, 9.17) is 11.6 Å². The third-order valence-electron chi connectivity index (χ3n) is 4.62. The molecule has 0 saturated heterocycles. The van der Waals surface area contributed by atoms with Crippen LogP contribution < -0.4 is 15.8 Å².